The second kappa shape index (κ2) is 8.74. The highest BCUT2D eigenvalue weighted by molar-refractivity contribution is 6.05. The van der Waals surface area contributed by atoms with Crippen molar-refractivity contribution in [1.82, 2.24) is 15.1 Å². The van der Waals surface area contributed by atoms with Gasteiger partial charge >= 0.3 is 0 Å². The van der Waals surface area contributed by atoms with E-state index in [0.29, 0.717) is 5.69 Å². The van der Waals surface area contributed by atoms with Crippen molar-refractivity contribution in [3.8, 4) is 5.69 Å². The first kappa shape index (κ1) is 22.0. The van der Waals surface area contributed by atoms with Gasteiger partial charge in [-0.3, -0.25) is 4.79 Å². The summed E-state index contributed by atoms with van der Waals surface area (Å²) in [4.78, 5) is 13.0. The lowest BCUT2D eigenvalue weighted by molar-refractivity contribution is 0.102. The zero-order chi connectivity index (χ0) is 23.0. The molecule has 0 unspecified atom stereocenters. The topological polar surface area (TPSA) is 59.0 Å². The number of nitrogens with one attached hydrogen (secondary N) is 2. The van der Waals surface area contributed by atoms with Crippen LogP contribution in [0.1, 0.15) is 45.9 Å². The molecule has 1 aliphatic rings. The molecule has 1 aromatic heterocycles. The number of anilines is 1. The molecule has 0 spiro atoms. The normalized spacial score (nSPS) is 14.6. The van der Waals surface area contributed by atoms with Crippen molar-refractivity contribution in [3.05, 3.63) is 76.1 Å². The molecule has 2 heterocycles. The van der Waals surface area contributed by atoms with Crippen LogP contribution in [-0.2, 0) is 0 Å². The maximum absolute atomic E-state index is 14.1. The summed E-state index contributed by atoms with van der Waals surface area (Å²) in [6.07, 6.45) is 2.78. The van der Waals surface area contributed by atoms with E-state index in [2.05, 4.69) is 10.4 Å². The van der Waals surface area contributed by atoms with Crippen molar-refractivity contribution in [3.63, 3.8) is 0 Å². The molecule has 2 N–H and O–H groups in total. The Morgan fingerprint density at radius 3 is 2.34 bits per heavy atom. The highest BCUT2D eigenvalue weighted by atomic mass is 19.2. The molecule has 32 heavy (non-hydrogen) atoms. The minimum atomic E-state index is -1.66. The third kappa shape index (κ3) is 4.00. The molecule has 9 heteroatoms. The molecule has 5 nitrogen and oxygen atoms in total. The molecule has 3 aromatic rings. The van der Waals surface area contributed by atoms with Crippen molar-refractivity contribution in [2.75, 3.05) is 18.4 Å². The Morgan fingerprint density at radius 2 is 1.72 bits per heavy atom. The van der Waals surface area contributed by atoms with E-state index in [1.807, 2.05) is 37.4 Å². The molecule has 0 bridgehead atoms. The number of aryl methyl sites for hydroxylation is 2. The predicted octanol–water partition coefficient (Wildman–Crippen LogP) is 4.76. The van der Waals surface area contributed by atoms with Crippen LogP contribution in [-0.4, -0.2) is 28.8 Å². The number of halogens is 4. The van der Waals surface area contributed by atoms with Gasteiger partial charge < -0.3 is 10.6 Å². The van der Waals surface area contributed by atoms with Crippen LogP contribution < -0.4 is 10.6 Å². The first-order valence-corrected chi connectivity index (χ1v) is 10.3. The molecular formula is C23H22F4N4O. The SMILES string of the molecule is Cc1ccc(-n2ncc(C(=O)Nc3c(F)c(F)cc(F)c3F)c2C2CCNCC2)c(C)c1. The minimum absolute atomic E-state index is 0.0425. The van der Waals surface area contributed by atoms with Crippen LogP contribution in [0.5, 0.6) is 0 Å². The van der Waals surface area contributed by atoms with Crippen molar-refractivity contribution in [2.24, 2.45) is 0 Å². The van der Waals surface area contributed by atoms with Crippen LogP contribution >= 0.6 is 0 Å². The van der Waals surface area contributed by atoms with Crippen molar-refractivity contribution >= 4 is 11.6 Å². The van der Waals surface area contributed by atoms with Crippen LogP contribution in [0.3, 0.4) is 0 Å². The van der Waals surface area contributed by atoms with E-state index in [9.17, 15) is 22.4 Å². The van der Waals surface area contributed by atoms with Gasteiger partial charge in [-0.2, -0.15) is 5.10 Å². The number of rotatable bonds is 4. The number of hydrogen-bond donors (Lipinski definition) is 2. The number of carbonyl (C=O) groups excluding carboxylic acids is 1. The third-order valence-electron chi connectivity index (χ3n) is 5.71. The lowest BCUT2D eigenvalue weighted by atomic mass is 9.91. The van der Waals surface area contributed by atoms with Gasteiger partial charge in [0.15, 0.2) is 23.3 Å². The summed E-state index contributed by atoms with van der Waals surface area (Å²) >= 11 is 0. The van der Waals surface area contributed by atoms with Crippen molar-refractivity contribution in [2.45, 2.75) is 32.6 Å². The van der Waals surface area contributed by atoms with E-state index in [4.69, 9.17) is 0 Å². The van der Waals surface area contributed by atoms with Crippen LogP contribution in [0.15, 0.2) is 30.5 Å². The standard InChI is InChI=1S/C23H22F4N4O/c1-12-3-4-18(13(2)9-12)31-22(14-5-7-28-8-6-14)15(11-29-31)23(32)30-21-19(26)16(24)10-17(25)20(21)27/h3-4,9-11,14,28H,5-8H2,1-2H3,(H,30,32). The Hall–Kier alpha value is -3.20. The summed E-state index contributed by atoms with van der Waals surface area (Å²) < 4.78 is 57.1. The Labute approximate surface area is 182 Å². The molecule has 0 radical (unpaired) electrons. The molecule has 0 atom stereocenters. The summed E-state index contributed by atoms with van der Waals surface area (Å²) in [6.45, 7) is 5.37. The summed E-state index contributed by atoms with van der Waals surface area (Å²) in [7, 11) is 0. The van der Waals surface area contributed by atoms with E-state index in [-0.39, 0.29) is 17.5 Å². The third-order valence-corrected chi connectivity index (χ3v) is 5.71. The molecule has 1 amide bonds. The fourth-order valence-electron chi connectivity index (χ4n) is 4.12. The van der Waals surface area contributed by atoms with E-state index < -0.39 is 34.9 Å². The largest absolute Gasteiger partial charge is 0.317 e. The smallest absolute Gasteiger partial charge is 0.259 e. The second-order valence-corrected chi connectivity index (χ2v) is 7.97. The summed E-state index contributed by atoms with van der Waals surface area (Å²) in [5.41, 5.74) is 2.31. The maximum atomic E-state index is 14.1. The van der Waals surface area contributed by atoms with E-state index in [0.717, 1.165) is 42.7 Å². The molecule has 1 saturated heterocycles. The van der Waals surface area contributed by atoms with Gasteiger partial charge in [0, 0.05) is 12.0 Å². The summed E-state index contributed by atoms with van der Waals surface area (Å²) in [6, 6.07) is 5.91. The maximum Gasteiger partial charge on any atom is 0.259 e. The highest BCUT2D eigenvalue weighted by Gasteiger charge is 2.29. The van der Waals surface area contributed by atoms with E-state index in [1.165, 1.54) is 6.20 Å². The second-order valence-electron chi connectivity index (χ2n) is 7.97. The summed E-state index contributed by atoms with van der Waals surface area (Å²) in [5.74, 6) is -7.45. The minimum Gasteiger partial charge on any atom is -0.317 e. The summed E-state index contributed by atoms with van der Waals surface area (Å²) in [5, 5.41) is 9.66. The molecule has 0 aliphatic carbocycles. The van der Waals surface area contributed by atoms with Crippen molar-refractivity contribution in [1.29, 1.82) is 0 Å². The van der Waals surface area contributed by atoms with Crippen LogP contribution in [0, 0.1) is 37.1 Å². The number of piperidine rings is 1. The molecule has 4 rings (SSSR count). The first-order valence-electron chi connectivity index (χ1n) is 10.3. The number of aromatic nitrogens is 2. The Balaban J connectivity index is 1.79. The lowest BCUT2D eigenvalue weighted by Crippen LogP contribution is -2.29. The van der Waals surface area contributed by atoms with Gasteiger partial charge in [-0.1, -0.05) is 17.7 Å². The monoisotopic (exact) mass is 446 g/mol. The fraction of sp³-hybridized carbons (Fsp3) is 0.304. The van der Waals surface area contributed by atoms with Crippen LogP contribution in [0.4, 0.5) is 23.2 Å². The lowest BCUT2D eigenvalue weighted by Gasteiger charge is -2.25. The molecule has 1 fully saturated rings. The Kier molecular flexibility index (Phi) is 6.01. The zero-order valence-electron chi connectivity index (χ0n) is 17.6. The van der Waals surface area contributed by atoms with Gasteiger partial charge in [0.05, 0.1) is 23.1 Å². The van der Waals surface area contributed by atoms with Crippen LogP contribution in [0.2, 0.25) is 0 Å². The Bertz CT molecular complexity index is 1160. The number of carbonyl (C=O) groups is 1. The van der Waals surface area contributed by atoms with E-state index >= 15 is 0 Å². The van der Waals surface area contributed by atoms with Gasteiger partial charge in [0.2, 0.25) is 0 Å². The quantitative estimate of drug-likeness (QED) is 0.449. The molecule has 2 aromatic carbocycles. The zero-order valence-corrected chi connectivity index (χ0v) is 17.6. The van der Waals surface area contributed by atoms with Gasteiger partial charge in [-0.15, -0.1) is 0 Å². The molecule has 0 saturated carbocycles. The highest BCUT2D eigenvalue weighted by Crippen LogP contribution is 2.32. The predicted molar refractivity (Wildman–Crippen MR) is 112 cm³/mol. The van der Waals surface area contributed by atoms with Gasteiger partial charge in [0.1, 0.15) is 5.69 Å². The average Bonchev–Trinajstić information content (AvgIpc) is 3.21. The number of hydrogen-bond acceptors (Lipinski definition) is 3. The fourth-order valence-corrected chi connectivity index (χ4v) is 4.12. The van der Waals surface area contributed by atoms with Crippen molar-refractivity contribution < 1.29 is 22.4 Å². The first-order chi connectivity index (χ1) is 15.3. The van der Waals surface area contributed by atoms with Gasteiger partial charge in [0.25, 0.3) is 5.91 Å². The molecule has 1 aliphatic heterocycles. The molecule has 168 valence electrons. The van der Waals surface area contributed by atoms with Gasteiger partial charge in [-0.05, 0) is 51.4 Å². The Morgan fingerprint density at radius 1 is 1.06 bits per heavy atom. The average molecular weight is 446 g/mol. The number of benzene rings is 2. The van der Waals surface area contributed by atoms with Crippen LogP contribution in [0.25, 0.3) is 5.69 Å². The number of nitrogens with zero attached hydrogens (tertiary/aromatic N) is 2. The molecular weight excluding hydrogens is 424 g/mol. The number of amides is 1. The van der Waals surface area contributed by atoms with E-state index in [1.54, 1.807) is 4.68 Å². The van der Waals surface area contributed by atoms with Gasteiger partial charge in [-0.25, -0.2) is 22.2 Å².